The van der Waals surface area contributed by atoms with Crippen LogP contribution < -0.4 is 15.5 Å². The average molecular weight is 350 g/mol. The molecule has 1 saturated carbocycles. The van der Waals surface area contributed by atoms with Crippen LogP contribution >= 0.6 is 0 Å². The lowest BCUT2D eigenvalue weighted by Crippen LogP contribution is -2.34. The Morgan fingerprint density at radius 3 is 2.80 bits per heavy atom. The molecule has 1 aromatic heterocycles. The lowest BCUT2D eigenvalue weighted by atomic mass is 10.1. The normalized spacial score (nSPS) is 13.6. The number of aromatic nitrogens is 1. The minimum absolute atomic E-state index is 0.111. The highest BCUT2D eigenvalue weighted by molar-refractivity contribution is 5.99. The zero-order chi connectivity index (χ0) is 18.0. The lowest BCUT2D eigenvalue weighted by molar-refractivity contribution is -0.893. The van der Waals surface area contributed by atoms with Crippen LogP contribution in [0.4, 0.5) is 20.3 Å². The minimum atomic E-state index is -1.22. The minimum Gasteiger partial charge on any atom is -0.350 e. The molecule has 3 rings (SSSR count). The highest BCUT2D eigenvalue weighted by Crippen LogP contribution is 2.29. The van der Waals surface area contributed by atoms with Gasteiger partial charge in [0, 0.05) is 5.56 Å². The van der Waals surface area contributed by atoms with E-state index >= 15 is 0 Å². The summed E-state index contributed by atoms with van der Waals surface area (Å²) in [4.78, 5) is 17.4. The van der Waals surface area contributed by atoms with Crippen LogP contribution in [0.1, 0.15) is 28.8 Å². The Kier molecular flexibility index (Phi) is 4.80. The number of rotatable bonds is 6. The van der Waals surface area contributed by atoms with Crippen molar-refractivity contribution in [2.75, 3.05) is 11.9 Å². The SMILES string of the molecule is Cc1ccc[n+](O)c1Nc1c(C(=O)NOCC2CC2)ccc(F)c1F. The van der Waals surface area contributed by atoms with Gasteiger partial charge in [-0.05, 0) is 49.9 Å². The molecule has 0 aliphatic heterocycles. The summed E-state index contributed by atoms with van der Waals surface area (Å²) < 4.78 is 28.7. The molecule has 8 heteroatoms. The Bertz CT molecular complexity index is 790. The fourth-order valence-electron chi connectivity index (χ4n) is 2.30. The Hall–Kier alpha value is -2.74. The van der Waals surface area contributed by atoms with Gasteiger partial charge in [-0.3, -0.25) is 9.63 Å². The summed E-state index contributed by atoms with van der Waals surface area (Å²) in [6.45, 7) is 2.05. The summed E-state index contributed by atoms with van der Waals surface area (Å²) >= 11 is 0. The average Bonchev–Trinajstić information content (AvgIpc) is 3.39. The Morgan fingerprint density at radius 2 is 2.12 bits per heavy atom. The van der Waals surface area contributed by atoms with E-state index in [0.29, 0.717) is 18.1 Å². The number of benzene rings is 1. The second kappa shape index (κ2) is 7.02. The van der Waals surface area contributed by atoms with Crippen molar-refractivity contribution in [3.05, 3.63) is 53.2 Å². The van der Waals surface area contributed by atoms with Crippen molar-refractivity contribution in [2.45, 2.75) is 19.8 Å². The van der Waals surface area contributed by atoms with E-state index in [1.165, 1.54) is 6.20 Å². The fraction of sp³-hybridized carbons (Fsp3) is 0.294. The second-order valence-corrected chi connectivity index (χ2v) is 5.98. The molecule has 132 valence electrons. The number of carbonyl (C=O) groups excluding carboxylic acids is 1. The maximum absolute atomic E-state index is 14.3. The zero-order valence-electron chi connectivity index (χ0n) is 13.6. The quantitative estimate of drug-likeness (QED) is 0.425. The van der Waals surface area contributed by atoms with Gasteiger partial charge in [0.25, 0.3) is 5.91 Å². The van der Waals surface area contributed by atoms with Crippen LogP contribution in [0, 0.1) is 24.5 Å². The van der Waals surface area contributed by atoms with Crippen molar-refractivity contribution in [1.82, 2.24) is 5.48 Å². The molecule has 1 aliphatic carbocycles. The molecule has 1 amide bonds. The van der Waals surface area contributed by atoms with E-state index in [1.807, 2.05) is 0 Å². The molecule has 1 aliphatic rings. The van der Waals surface area contributed by atoms with Gasteiger partial charge in [0.05, 0.1) is 12.2 Å². The van der Waals surface area contributed by atoms with Crippen LogP contribution in [-0.2, 0) is 4.84 Å². The van der Waals surface area contributed by atoms with Gasteiger partial charge in [0.2, 0.25) is 5.82 Å². The highest BCUT2D eigenvalue weighted by atomic mass is 19.2. The summed E-state index contributed by atoms with van der Waals surface area (Å²) in [6.07, 6.45) is 3.43. The number of aryl methyl sites for hydroxylation is 1. The molecule has 1 fully saturated rings. The van der Waals surface area contributed by atoms with Crippen LogP contribution in [0.2, 0.25) is 0 Å². The highest BCUT2D eigenvalue weighted by Gasteiger charge is 2.26. The van der Waals surface area contributed by atoms with Crippen molar-refractivity contribution in [1.29, 1.82) is 0 Å². The number of hydrogen-bond donors (Lipinski definition) is 3. The van der Waals surface area contributed by atoms with E-state index < -0.39 is 17.5 Å². The molecule has 25 heavy (non-hydrogen) atoms. The monoisotopic (exact) mass is 350 g/mol. The number of hydrogen-bond acceptors (Lipinski definition) is 4. The summed E-state index contributed by atoms with van der Waals surface area (Å²) in [6, 6.07) is 5.27. The zero-order valence-corrected chi connectivity index (χ0v) is 13.6. The topological polar surface area (TPSA) is 74.5 Å². The lowest BCUT2D eigenvalue weighted by Gasteiger charge is -2.11. The van der Waals surface area contributed by atoms with E-state index in [2.05, 4.69) is 10.8 Å². The molecule has 2 aromatic rings. The molecule has 0 saturated heterocycles. The molecular formula is C17H18F2N3O3+. The van der Waals surface area contributed by atoms with Gasteiger partial charge in [-0.1, -0.05) is 4.73 Å². The van der Waals surface area contributed by atoms with E-state index in [-0.39, 0.29) is 17.1 Å². The van der Waals surface area contributed by atoms with E-state index in [9.17, 15) is 18.8 Å². The molecule has 0 bridgehead atoms. The number of carbonyl (C=O) groups is 1. The van der Waals surface area contributed by atoms with Crippen molar-refractivity contribution in [3.63, 3.8) is 0 Å². The van der Waals surface area contributed by atoms with Gasteiger partial charge in [0.1, 0.15) is 6.20 Å². The first kappa shape index (κ1) is 17.1. The van der Waals surface area contributed by atoms with Gasteiger partial charge >= 0.3 is 5.82 Å². The maximum atomic E-state index is 14.3. The molecule has 6 nitrogen and oxygen atoms in total. The van der Waals surface area contributed by atoms with Gasteiger partial charge in [-0.15, -0.1) is 0 Å². The Labute approximate surface area is 143 Å². The standard InChI is InChI=1S/C17H17F2N3O3/c1-10-3-2-8-22(24)16(10)20-15-12(6-7-13(18)14(15)19)17(23)21-25-9-11-4-5-11/h2-3,6-8,11,24H,4-5,9H2,1H3,(H,21,23)/p+1. The first-order chi connectivity index (χ1) is 12.0. The van der Waals surface area contributed by atoms with E-state index in [1.54, 1.807) is 19.1 Å². The van der Waals surface area contributed by atoms with Crippen LogP contribution in [0.25, 0.3) is 0 Å². The summed E-state index contributed by atoms with van der Waals surface area (Å²) in [5, 5.41) is 12.5. The predicted molar refractivity (Wildman–Crippen MR) is 84.3 cm³/mol. The third kappa shape index (κ3) is 3.85. The molecule has 1 aromatic carbocycles. The van der Waals surface area contributed by atoms with Crippen molar-refractivity contribution < 1.29 is 28.4 Å². The molecule has 0 radical (unpaired) electrons. The van der Waals surface area contributed by atoms with Crippen LogP contribution in [0.15, 0.2) is 30.5 Å². The molecule has 0 atom stereocenters. The van der Waals surface area contributed by atoms with Crippen LogP contribution in [0.3, 0.4) is 0 Å². The van der Waals surface area contributed by atoms with Crippen LogP contribution in [0.5, 0.6) is 0 Å². The maximum Gasteiger partial charge on any atom is 0.321 e. The molecule has 1 heterocycles. The fourth-order valence-corrected chi connectivity index (χ4v) is 2.30. The molecule has 0 spiro atoms. The van der Waals surface area contributed by atoms with Crippen molar-refractivity contribution in [3.8, 4) is 0 Å². The Morgan fingerprint density at radius 1 is 1.36 bits per heavy atom. The first-order valence-corrected chi connectivity index (χ1v) is 7.85. The Balaban J connectivity index is 1.88. The summed E-state index contributed by atoms with van der Waals surface area (Å²) in [5.74, 6) is -2.50. The van der Waals surface area contributed by atoms with Crippen LogP contribution in [-0.4, -0.2) is 17.7 Å². The molecule has 0 unspecified atom stereocenters. The smallest absolute Gasteiger partial charge is 0.321 e. The second-order valence-electron chi connectivity index (χ2n) is 5.98. The van der Waals surface area contributed by atoms with Crippen molar-refractivity contribution >= 4 is 17.4 Å². The van der Waals surface area contributed by atoms with Gasteiger partial charge in [-0.2, -0.15) is 4.39 Å². The number of pyridine rings is 1. The number of nitrogens with one attached hydrogen (secondary N) is 2. The molecule has 3 N–H and O–H groups in total. The van der Waals surface area contributed by atoms with Gasteiger partial charge in [-0.25, -0.2) is 15.2 Å². The van der Waals surface area contributed by atoms with Gasteiger partial charge < -0.3 is 5.21 Å². The predicted octanol–water partition coefficient (Wildman–Crippen LogP) is 2.61. The third-order valence-corrected chi connectivity index (χ3v) is 3.94. The number of hydroxylamine groups is 1. The largest absolute Gasteiger partial charge is 0.350 e. The summed E-state index contributed by atoms with van der Waals surface area (Å²) in [7, 11) is 0. The van der Waals surface area contributed by atoms with E-state index in [0.717, 1.165) is 29.7 Å². The van der Waals surface area contributed by atoms with Gasteiger partial charge in [0.15, 0.2) is 11.5 Å². The number of nitrogens with zero attached hydrogens (tertiary/aromatic N) is 1. The number of anilines is 2. The summed E-state index contributed by atoms with van der Waals surface area (Å²) in [5.41, 5.74) is 2.28. The number of amides is 1. The first-order valence-electron chi connectivity index (χ1n) is 7.85. The number of halogens is 2. The third-order valence-electron chi connectivity index (χ3n) is 3.94. The van der Waals surface area contributed by atoms with Crippen molar-refractivity contribution in [2.24, 2.45) is 5.92 Å². The molecular weight excluding hydrogens is 332 g/mol. The van der Waals surface area contributed by atoms with E-state index in [4.69, 9.17) is 4.84 Å².